The van der Waals surface area contributed by atoms with E-state index < -0.39 is 6.09 Å². The van der Waals surface area contributed by atoms with Crippen LogP contribution in [0.5, 0.6) is 0 Å². The maximum Gasteiger partial charge on any atom is 0.407 e. The van der Waals surface area contributed by atoms with Gasteiger partial charge < -0.3 is 15.0 Å². The summed E-state index contributed by atoms with van der Waals surface area (Å²) in [5.74, 6) is 0.889. The van der Waals surface area contributed by atoms with Crippen molar-refractivity contribution in [2.24, 2.45) is 0 Å². The van der Waals surface area contributed by atoms with Crippen LogP contribution < -0.4 is 0 Å². The van der Waals surface area contributed by atoms with Gasteiger partial charge in [-0.2, -0.15) is 0 Å². The van der Waals surface area contributed by atoms with Crippen molar-refractivity contribution < 1.29 is 9.90 Å². The molecule has 0 fully saturated rings. The second kappa shape index (κ2) is 4.45. The van der Waals surface area contributed by atoms with Crippen LogP contribution in [0, 0.1) is 6.92 Å². The van der Waals surface area contributed by atoms with Crippen molar-refractivity contribution in [3.8, 4) is 0 Å². The summed E-state index contributed by atoms with van der Waals surface area (Å²) < 4.78 is 0. The second-order valence-corrected chi connectivity index (χ2v) is 4.13. The maximum atomic E-state index is 10.6. The Hall–Kier alpha value is -2.04. The molecule has 0 unspecified atom stereocenters. The molecule has 90 valence electrons. The Morgan fingerprint density at radius 1 is 1.53 bits per heavy atom. The minimum atomic E-state index is -0.900. The van der Waals surface area contributed by atoms with E-state index in [9.17, 15) is 4.79 Å². The number of fused-ring (bicyclic) bond motifs is 1. The van der Waals surface area contributed by atoms with Crippen LogP contribution in [0.15, 0.2) is 18.2 Å². The number of rotatable bonds is 3. The summed E-state index contributed by atoms with van der Waals surface area (Å²) in [6.07, 6.45) is -0.194. The minimum absolute atomic E-state index is 0.494. The third-order valence-corrected chi connectivity index (χ3v) is 2.73. The van der Waals surface area contributed by atoms with Crippen LogP contribution in [0.25, 0.3) is 11.0 Å². The molecule has 2 rings (SSSR count). The van der Waals surface area contributed by atoms with Crippen LogP contribution in [0.2, 0.25) is 0 Å². The smallest absolute Gasteiger partial charge is 0.407 e. The predicted molar refractivity (Wildman–Crippen MR) is 65.2 cm³/mol. The van der Waals surface area contributed by atoms with E-state index in [2.05, 4.69) is 9.97 Å². The normalized spacial score (nSPS) is 10.7. The number of aryl methyl sites for hydroxylation is 1. The number of imidazole rings is 1. The SMILES string of the molecule is Cc1nc2ccc(CCN(C)C(=O)O)cc2[nH]1. The number of aromatic amines is 1. The zero-order valence-corrected chi connectivity index (χ0v) is 9.90. The third-order valence-electron chi connectivity index (χ3n) is 2.73. The molecule has 1 aromatic heterocycles. The molecule has 17 heavy (non-hydrogen) atoms. The average molecular weight is 233 g/mol. The number of hydrogen-bond acceptors (Lipinski definition) is 2. The van der Waals surface area contributed by atoms with E-state index in [1.807, 2.05) is 25.1 Å². The lowest BCUT2D eigenvalue weighted by Gasteiger charge is -2.12. The second-order valence-electron chi connectivity index (χ2n) is 4.13. The van der Waals surface area contributed by atoms with Crippen LogP contribution in [-0.4, -0.2) is 39.7 Å². The molecule has 0 saturated carbocycles. The van der Waals surface area contributed by atoms with Crippen molar-refractivity contribution in [3.05, 3.63) is 29.6 Å². The topological polar surface area (TPSA) is 69.2 Å². The van der Waals surface area contributed by atoms with E-state index in [1.54, 1.807) is 7.05 Å². The number of benzene rings is 1. The molecule has 0 spiro atoms. The van der Waals surface area contributed by atoms with E-state index in [1.165, 1.54) is 4.90 Å². The van der Waals surface area contributed by atoms with Gasteiger partial charge in [0.05, 0.1) is 11.0 Å². The van der Waals surface area contributed by atoms with Gasteiger partial charge >= 0.3 is 6.09 Å². The van der Waals surface area contributed by atoms with Crippen molar-refractivity contribution in [2.75, 3.05) is 13.6 Å². The molecule has 5 nitrogen and oxygen atoms in total. The molecule has 2 aromatic rings. The van der Waals surface area contributed by atoms with E-state index >= 15 is 0 Å². The van der Waals surface area contributed by atoms with Gasteiger partial charge in [-0.15, -0.1) is 0 Å². The van der Waals surface area contributed by atoms with Crippen molar-refractivity contribution in [1.82, 2.24) is 14.9 Å². The monoisotopic (exact) mass is 233 g/mol. The zero-order valence-electron chi connectivity index (χ0n) is 9.90. The first-order valence-electron chi connectivity index (χ1n) is 5.45. The number of nitrogens with one attached hydrogen (secondary N) is 1. The lowest BCUT2D eigenvalue weighted by molar-refractivity contribution is 0.156. The van der Waals surface area contributed by atoms with Crippen molar-refractivity contribution in [2.45, 2.75) is 13.3 Å². The Balaban J connectivity index is 2.11. The van der Waals surface area contributed by atoms with Gasteiger partial charge in [0, 0.05) is 13.6 Å². The Bertz CT molecular complexity index is 548. The number of nitrogens with zero attached hydrogens (tertiary/aromatic N) is 2. The van der Waals surface area contributed by atoms with Gasteiger partial charge in [-0.05, 0) is 31.0 Å². The van der Waals surface area contributed by atoms with Gasteiger partial charge in [0.2, 0.25) is 0 Å². The van der Waals surface area contributed by atoms with Crippen molar-refractivity contribution in [1.29, 1.82) is 0 Å². The van der Waals surface area contributed by atoms with Crippen LogP contribution >= 0.6 is 0 Å². The summed E-state index contributed by atoms with van der Waals surface area (Å²) in [5.41, 5.74) is 3.05. The Labute approximate surface area is 99.1 Å². The molecule has 0 aliphatic carbocycles. The number of hydrogen-bond donors (Lipinski definition) is 2. The molecular weight excluding hydrogens is 218 g/mol. The standard InChI is InChI=1S/C12H15N3O2/c1-8-13-10-4-3-9(7-11(10)14-8)5-6-15(2)12(16)17/h3-4,7H,5-6H2,1-2H3,(H,13,14)(H,16,17). The highest BCUT2D eigenvalue weighted by atomic mass is 16.4. The number of carbonyl (C=O) groups is 1. The van der Waals surface area contributed by atoms with E-state index in [0.29, 0.717) is 13.0 Å². The summed E-state index contributed by atoms with van der Waals surface area (Å²) in [7, 11) is 1.57. The zero-order chi connectivity index (χ0) is 12.4. The van der Waals surface area contributed by atoms with E-state index in [0.717, 1.165) is 22.4 Å². The molecule has 0 bridgehead atoms. The first-order valence-corrected chi connectivity index (χ1v) is 5.45. The van der Waals surface area contributed by atoms with Gasteiger partial charge in [-0.25, -0.2) is 9.78 Å². The molecule has 2 N–H and O–H groups in total. The van der Waals surface area contributed by atoms with E-state index in [-0.39, 0.29) is 0 Å². The van der Waals surface area contributed by atoms with Crippen LogP contribution in [0.3, 0.4) is 0 Å². The summed E-state index contributed by atoms with van der Waals surface area (Å²) >= 11 is 0. The molecule has 0 aliphatic heterocycles. The molecule has 1 amide bonds. The Morgan fingerprint density at radius 2 is 2.29 bits per heavy atom. The number of likely N-dealkylation sites (N-methyl/N-ethyl adjacent to an activating group) is 1. The van der Waals surface area contributed by atoms with Gasteiger partial charge in [-0.1, -0.05) is 6.07 Å². The van der Waals surface area contributed by atoms with Gasteiger partial charge in [0.1, 0.15) is 5.82 Å². The highest BCUT2D eigenvalue weighted by Gasteiger charge is 2.06. The van der Waals surface area contributed by atoms with E-state index in [4.69, 9.17) is 5.11 Å². The summed E-state index contributed by atoms with van der Waals surface area (Å²) in [6.45, 7) is 2.41. The fourth-order valence-corrected chi connectivity index (χ4v) is 1.73. The van der Waals surface area contributed by atoms with Gasteiger partial charge in [0.25, 0.3) is 0 Å². The maximum absolute atomic E-state index is 10.6. The predicted octanol–water partition coefficient (Wildman–Crippen LogP) is 2.02. The number of aromatic nitrogens is 2. The third kappa shape index (κ3) is 2.55. The first-order chi connectivity index (χ1) is 8.06. The molecule has 1 heterocycles. The van der Waals surface area contributed by atoms with Crippen molar-refractivity contribution in [3.63, 3.8) is 0 Å². The number of amides is 1. The molecule has 0 saturated heterocycles. The van der Waals surface area contributed by atoms with Crippen LogP contribution in [0.4, 0.5) is 4.79 Å². The lowest BCUT2D eigenvalue weighted by Crippen LogP contribution is -2.26. The first kappa shape index (κ1) is 11.4. The van der Waals surface area contributed by atoms with Gasteiger partial charge in [0.15, 0.2) is 0 Å². The summed E-state index contributed by atoms with van der Waals surface area (Å²) in [5, 5.41) is 8.74. The average Bonchev–Trinajstić information content (AvgIpc) is 2.64. The molecule has 0 radical (unpaired) electrons. The van der Waals surface area contributed by atoms with Crippen molar-refractivity contribution >= 4 is 17.1 Å². The van der Waals surface area contributed by atoms with Crippen LogP contribution in [0.1, 0.15) is 11.4 Å². The number of carboxylic acid groups (broad SMARTS) is 1. The molecule has 0 aliphatic rings. The van der Waals surface area contributed by atoms with Gasteiger partial charge in [-0.3, -0.25) is 0 Å². The fourth-order valence-electron chi connectivity index (χ4n) is 1.73. The summed E-state index contributed by atoms with van der Waals surface area (Å²) in [4.78, 5) is 19.4. The van der Waals surface area contributed by atoms with Crippen LogP contribution in [-0.2, 0) is 6.42 Å². The molecule has 5 heteroatoms. The molecular formula is C12H15N3O2. The Morgan fingerprint density at radius 3 is 3.00 bits per heavy atom. The highest BCUT2D eigenvalue weighted by Crippen LogP contribution is 2.14. The quantitative estimate of drug-likeness (QED) is 0.852. The number of H-pyrrole nitrogens is 1. The Kier molecular flexibility index (Phi) is 2.99. The largest absolute Gasteiger partial charge is 0.465 e. The molecule has 1 aromatic carbocycles. The fraction of sp³-hybridized carbons (Fsp3) is 0.333. The lowest BCUT2D eigenvalue weighted by atomic mass is 10.1. The minimum Gasteiger partial charge on any atom is -0.465 e. The molecule has 0 atom stereocenters. The summed E-state index contributed by atoms with van der Waals surface area (Å²) in [6, 6.07) is 5.96. The highest BCUT2D eigenvalue weighted by molar-refractivity contribution is 5.75.